The van der Waals surface area contributed by atoms with E-state index < -0.39 is 10.0 Å². The van der Waals surface area contributed by atoms with Crippen LogP contribution in [0.2, 0.25) is 15.1 Å². The minimum Gasteiger partial charge on any atom is -0.276 e. The van der Waals surface area contributed by atoms with Crippen molar-refractivity contribution in [3.05, 3.63) is 74.5 Å². The Bertz CT molecular complexity index is 1090. The van der Waals surface area contributed by atoms with Gasteiger partial charge in [0.2, 0.25) is 0 Å². The maximum absolute atomic E-state index is 12.6. The standard InChI is InChI=1S/C18H16Cl3N3O2S/c1-11-18(23-27(25,26)15-6-4-14(19)5-7-15)12(2)24(22-11)10-13-3-8-16(20)17(21)9-13/h3-9,23H,10H2,1-2H3. The number of nitrogens with zero attached hydrogens (tertiary/aromatic N) is 2. The Morgan fingerprint density at radius 1 is 1.00 bits per heavy atom. The molecular weight excluding hydrogens is 429 g/mol. The molecule has 27 heavy (non-hydrogen) atoms. The zero-order valence-electron chi connectivity index (χ0n) is 14.5. The van der Waals surface area contributed by atoms with Gasteiger partial charge in [0.1, 0.15) is 0 Å². The van der Waals surface area contributed by atoms with E-state index in [1.807, 2.05) is 6.07 Å². The summed E-state index contributed by atoms with van der Waals surface area (Å²) in [6.07, 6.45) is 0. The summed E-state index contributed by atoms with van der Waals surface area (Å²) in [5.74, 6) is 0. The van der Waals surface area contributed by atoms with Gasteiger partial charge in [-0.2, -0.15) is 5.10 Å². The van der Waals surface area contributed by atoms with Crippen LogP contribution in [-0.2, 0) is 16.6 Å². The molecule has 0 aliphatic heterocycles. The van der Waals surface area contributed by atoms with E-state index in [2.05, 4.69) is 9.82 Å². The average Bonchev–Trinajstić information content (AvgIpc) is 2.86. The molecule has 3 aromatic rings. The van der Waals surface area contributed by atoms with Gasteiger partial charge in [0.25, 0.3) is 10.0 Å². The van der Waals surface area contributed by atoms with E-state index in [-0.39, 0.29) is 4.90 Å². The maximum Gasteiger partial charge on any atom is 0.262 e. The van der Waals surface area contributed by atoms with Gasteiger partial charge >= 0.3 is 0 Å². The van der Waals surface area contributed by atoms with E-state index in [1.165, 1.54) is 24.3 Å². The van der Waals surface area contributed by atoms with Crippen LogP contribution in [0.4, 0.5) is 5.69 Å². The first kappa shape index (κ1) is 20.0. The molecule has 9 heteroatoms. The number of benzene rings is 2. The summed E-state index contributed by atoms with van der Waals surface area (Å²) >= 11 is 17.8. The van der Waals surface area contributed by atoms with E-state index in [4.69, 9.17) is 34.8 Å². The molecule has 0 atom stereocenters. The van der Waals surface area contributed by atoms with E-state index in [1.54, 1.807) is 30.7 Å². The molecule has 0 saturated heterocycles. The number of rotatable bonds is 5. The zero-order valence-corrected chi connectivity index (χ0v) is 17.6. The molecule has 0 fully saturated rings. The normalized spacial score (nSPS) is 11.6. The highest BCUT2D eigenvalue weighted by atomic mass is 35.5. The molecule has 1 heterocycles. The maximum atomic E-state index is 12.6. The Labute approximate surface area is 172 Å². The summed E-state index contributed by atoms with van der Waals surface area (Å²) in [7, 11) is -3.75. The van der Waals surface area contributed by atoms with Gasteiger partial charge in [-0.3, -0.25) is 9.40 Å². The van der Waals surface area contributed by atoms with E-state index >= 15 is 0 Å². The molecule has 2 aromatic carbocycles. The Morgan fingerprint density at radius 2 is 1.67 bits per heavy atom. The van der Waals surface area contributed by atoms with Crippen molar-refractivity contribution in [1.29, 1.82) is 0 Å². The molecule has 3 rings (SSSR count). The minimum absolute atomic E-state index is 0.128. The molecule has 5 nitrogen and oxygen atoms in total. The van der Waals surface area contributed by atoms with E-state index in [0.717, 1.165) is 5.56 Å². The lowest BCUT2D eigenvalue weighted by molar-refractivity contribution is 0.601. The molecule has 1 aromatic heterocycles. The SMILES string of the molecule is Cc1nn(Cc2ccc(Cl)c(Cl)c2)c(C)c1NS(=O)(=O)c1ccc(Cl)cc1. The lowest BCUT2D eigenvalue weighted by atomic mass is 10.2. The molecule has 0 amide bonds. The molecule has 0 aliphatic carbocycles. The summed E-state index contributed by atoms with van der Waals surface area (Å²) in [6, 6.07) is 11.3. The van der Waals surface area contributed by atoms with Gasteiger partial charge in [0.15, 0.2) is 0 Å². The first-order valence-electron chi connectivity index (χ1n) is 7.93. The van der Waals surface area contributed by atoms with Gasteiger partial charge in [-0.1, -0.05) is 40.9 Å². The largest absolute Gasteiger partial charge is 0.276 e. The fourth-order valence-electron chi connectivity index (χ4n) is 2.62. The lowest BCUT2D eigenvalue weighted by Gasteiger charge is -2.10. The highest BCUT2D eigenvalue weighted by Crippen LogP contribution is 2.26. The third kappa shape index (κ3) is 4.41. The number of aromatic nitrogens is 2. The van der Waals surface area contributed by atoms with Gasteiger partial charge in [-0.25, -0.2) is 8.42 Å². The number of halogens is 3. The quantitative estimate of drug-likeness (QED) is 0.580. The number of anilines is 1. The molecule has 1 N–H and O–H groups in total. The number of hydrogen-bond donors (Lipinski definition) is 1. The number of aryl methyl sites for hydroxylation is 1. The summed E-state index contributed by atoms with van der Waals surface area (Å²) in [5.41, 5.74) is 2.62. The highest BCUT2D eigenvalue weighted by Gasteiger charge is 2.20. The van der Waals surface area contributed by atoms with Gasteiger partial charge in [-0.15, -0.1) is 0 Å². The fourth-order valence-corrected chi connectivity index (χ4v) is 4.24. The second-order valence-corrected chi connectivity index (χ2v) is 8.94. The van der Waals surface area contributed by atoms with Crippen molar-refractivity contribution in [2.24, 2.45) is 0 Å². The van der Waals surface area contributed by atoms with Crippen molar-refractivity contribution in [2.45, 2.75) is 25.3 Å². The third-order valence-electron chi connectivity index (χ3n) is 4.06. The van der Waals surface area contributed by atoms with Gasteiger partial charge in [0, 0.05) is 5.02 Å². The van der Waals surface area contributed by atoms with Crippen molar-refractivity contribution < 1.29 is 8.42 Å². The van der Waals surface area contributed by atoms with Crippen LogP contribution in [0.3, 0.4) is 0 Å². The Kier molecular flexibility index (Phi) is 5.72. The van der Waals surface area contributed by atoms with Crippen molar-refractivity contribution in [1.82, 2.24) is 9.78 Å². The summed E-state index contributed by atoms with van der Waals surface area (Å²) < 4.78 is 29.6. The molecule has 0 spiro atoms. The van der Waals surface area contributed by atoms with Crippen molar-refractivity contribution in [3.8, 4) is 0 Å². The average molecular weight is 445 g/mol. The first-order chi connectivity index (χ1) is 12.7. The molecule has 0 aliphatic rings. The van der Waals surface area contributed by atoms with Gasteiger partial charge < -0.3 is 0 Å². The van der Waals surface area contributed by atoms with Crippen LogP contribution in [-0.4, -0.2) is 18.2 Å². The topological polar surface area (TPSA) is 64.0 Å². The van der Waals surface area contributed by atoms with Crippen LogP contribution in [0.1, 0.15) is 17.0 Å². The molecule has 0 saturated carbocycles. The predicted octanol–water partition coefficient (Wildman–Crippen LogP) is 5.31. The smallest absolute Gasteiger partial charge is 0.262 e. The zero-order chi connectivity index (χ0) is 19.8. The van der Waals surface area contributed by atoms with E-state index in [9.17, 15) is 8.42 Å². The third-order valence-corrected chi connectivity index (χ3v) is 6.41. The van der Waals surface area contributed by atoms with Crippen molar-refractivity contribution >= 4 is 50.5 Å². The van der Waals surface area contributed by atoms with Crippen LogP contribution in [0.25, 0.3) is 0 Å². The molecule has 0 radical (unpaired) electrons. The van der Waals surface area contributed by atoms with Crippen LogP contribution in [0.15, 0.2) is 47.4 Å². The Balaban J connectivity index is 1.89. The van der Waals surface area contributed by atoms with Gasteiger partial charge in [-0.05, 0) is 55.8 Å². The van der Waals surface area contributed by atoms with E-state index in [0.29, 0.717) is 38.7 Å². The second kappa shape index (κ2) is 7.72. The summed E-state index contributed by atoms with van der Waals surface area (Å²) in [5, 5.41) is 5.85. The van der Waals surface area contributed by atoms with Crippen LogP contribution in [0, 0.1) is 13.8 Å². The van der Waals surface area contributed by atoms with Crippen LogP contribution < -0.4 is 4.72 Å². The summed E-state index contributed by atoms with van der Waals surface area (Å²) in [6.45, 7) is 3.99. The predicted molar refractivity (Wildman–Crippen MR) is 110 cm³/mol. The highest BCUT2D eigenvalue weighted by molar-refractivity contribution is 7.92. The lowest BCUT2D eigenvalue weighted by Crippen LogP contribution is -2.14. The second-order valence-electron chi connectivity index (χ2n) is 6.01. The number of sulfonamides is 1. The number of hydrogen-bond acceptors (Lipinski definition) is 3. The monoisotopic (exact) mass is 443 g/mol. The van der Waals surface area contributed by atoms with Gasteiger partial charge in [0.05, 0.1) is 38.6 Å². The molecule has 0 unspecified atom stereocenters. The van der Waals surface area contributed by atoms with Crippen LogP contribution in [0.5, 0.6) is 0 Å². The number of nitrogens with one attached hydrogen (secondary N) is 1. The fraction of sp³-hybridized carbons (Fsp3) is 0.167. The summed E-state index contributed by atoms with van der Waals surface area (Å²) in [4.78, 5) is 0.128. The Morgan fingerprint density at radius 3 is 2.30 bits per heavy atom. The first-order valence-corrected chi connectivity index (χ1v) is 10.6. The molecule has 0 bridgehead atoms. The van der Waals surface area contributed by atoms with Crippen molar-refractivity contribution in [3.63, 3.8) is 0 Å². The molecular formula is C18H16Cl3N3O2S. The van der Waals surface area contributed by atoms with Crippen molar-refractivity contribution in [2.75, 3.05) is 4.72 Å². The minimum atomic E-state index is -3.75. The van der Waals surface area contributed by atoms with Crippen LogP contribution >= 0.6 is 34.8 Å². The Hall–Kier alpha value is -1.73. The molecule has 142 valence electrons.